The number of alkyl halides is 1. The molecule has 3 atom stereocenters. The summed E-state index contributed by atoms with van der Waals surface area (Å²) < 4.78 is 25.4. The first-order chi connectivity index (χ1) is 8.77. The Hall–Kier alpha value is -0.723. The van der Waals surface area contributed by atoms with Crippen LogP contribution in [0.2, 0.25) is 19.6 Å². The molecule has 19 heavy (non-hydrogen) atoms. The number of carbonyl (C=O) groups excluding carboxylic acids is 1. The number of fused-ring (bicyclic) bond motifs is 1. The van der Waals surface area contributed by atoms with Crippen molar-refractivity contribution in [1.82, 2.24) is 0 Å². The van der Waals surface area contributed by atoms with Crippen LogP contribution in [0.5, 0.6) is 0 Å². The van der Waals surface area contributed by atoms with E-state index in [0.29, 0.717) is 18.6 Å². The Labute approximate surface area is 114 Å². The summed E-state index contributed by atoms with van der Waals surface area (Å²) in [5.74, 6) is -0.150. The first kappa shape index (κ1) is 14.7. The average molecular weight is 288 g/mol. The van der Waals surface area contributed by atoms with Gasteiger partial charge in [-0.3, -0.25) is 4.79 Å². The number of rotatable bonds is 4. The van der Waals surface area contributed by atoms with Crippen molar-refractivity contribution < 1.29 is 23.4 Å². The van der Waals surface area contributed by atoms with Gasteiger partial charge in [-0.1, -0.05) is 0 Å². The van der Waals surface area contributed by atoms with Crippen LogP contribution in [0.1, 0.15) is 19.3 Å². The Bertz CT molecular complexity index is 404. The van der Waals surface area contributed by atoms with Crippen LogP contribution in [0.15, 0.2) is 11.8 Å². The lowest BCUT2D eigenvalue weighted by Gasteiger charge is -2.35. The molecule has 3 unspecified atom stereocenters. The third kappa shape index (κ3) is 2.75. The van der Waals surface area contributed by atoms with Gasteiger partial charge in [0.2, 0.25) is 14.0 Å². The molecule has 2 aliphatic rings. The molecule has 0 aromatic carbocycles. The molecule has 2 aliphatic carbocycles. The Balaban J connectivity index is 2.15. The van der Waals surface area contributed by atoms with Gasteiger partial charge in [-0.25, -0.2) is 8.97 Å². The summed E-state index contributed by atoms with van der Waals surface area (Å²) in [4.78, 5) is 17.1. The summed E-state index contributed by atoms with van der Waals surface area (Å²) >= 11 is 0. The molecule has 1 fully saturated rings. The van der Waals surface area contributed by atoms with E-state index in [9.17, 15) is 9.18 Å². The quantitative estimate of drug-likeness (QED) is 0.453. The van der Waals surface area contributed by atoms with Gasteiger partial charge in [0.1, 0.15) is 11.9 Å². The molecular formula is C13H21FO4Si. The van der Waals surface area contributed by atoms with Crippen molar-refractivity contribution >= 4 is 14.1 Å². The predicted molar refractivity (Wildman–Crippen MR) is 70.6 cm³/mol. The maximum Gasteiger partial charge on any atom is 0.245 e. The van der Waals surface area contributed by atoms with Crippen molar-refractivity contribution in [2.45, 2.75) is 50.7 Å². The molecule has 0 aliphatic heterocycles. The van der Waals surface area contributed by atoms with Crippen molar-refractivity contribution in [3.63, 3.8) is 0 Å². The van der Waals surface area contributed by atoms with E-state index in [-0.39, 0.29) is 18.1 Å². The first-order valence-electron chi connectivity index (χ1n) is 6.58. The van der Waals surface area contributed by atoms with Crippen LogP contribution in [0.4, 0.5) is 4.39 Å². The van der Waals surface area contributed by atoms with Gasteiger partial charge in [-0.05, 0) is 32.1 Å². The molecule has 0 bridgehead atoms. The zero-order valence-corrected chi connectivity index (χ0v) is 12.9. The zero-order chi connectivity index (χ0) is 14.3. The number of Topliss-reactive ketones (excluding diaryl/α,β-unsaturated/α-hetero) is 1. The molecule has 2 rings (SSSR count). The van der Waals surface area contributed by atoms with Crippen LogP contribution < -0.4 is 0 Å². The fourth-order valence-electron chi connectivity index (χ4n) is 2.66. The molecule has 0 N–H and O–H groups in total. The molecule has 6 heteroatoms. The summed E-state index contributed by atoms with van der Waals surface area (Å²) in [7, 11) is -0.394. The lowest BCUT2D eigenvalue weighted by Crippen LogP contribution is -2.49. The topological polar surface area (TPSA) is 44.8 Å². The van der Waals surface area contributed by atoms with Gasteiger partial charge in [0.05, 0.1) is 0 Å². The fourth-order valence-corrected chi connectivity index (χ4v) is 3.01. The Morgan fingerprint density at radius 1 is 1.42 bits per heavy atom. The average Bonchev–Trinajstić information content (AvgIpc) is 2.62. The lowest BCUT2D eigenvalue weighted by atomic mass is 9.79. The highest BCUT2D eigenvalue weighted by molar-refractivity contribution is 6.69. The molecule has 0 radical (unpaired) electrons. The predicted octanol–water partition coefficient (Wildman–Crippen LogP) is 2.76. The van der Waals surface area contributed by atoms with Gasteiger partial charge in [0.25, 0.3) is 0 Å². The fraction of sp³-hybridized carbons (Fsp3) is 0.769. The van der Waals surface area contributed by atoms with E-state index >= 15 is 0 Å². The van der Waals surface area contributed by atoms with Crippen LogP contribution in [0, 0.1) is 5.92 Å². The second-order valence-corrected chi connectivity index (χ2v) is 10.6. The molecule has 0 amide bonds. The van der Waals surface area contributed by atoms with Gasteiger partial charge in [0, 0.05) is 25.9 Å². The molecule has 4 nitrogen and oxygen atoms in total. The summed E-state index contributed by atoms with van der Waals surface area (Å²) in [6.45, 7) is 6.01. The Kier molecular flexibility index (Phi) is 3.86. The highest BCUT2D eigenvalue weighted by Crippen LogP contribution is 2.47. The smallest absolute Gasteiger partial charge is 0.245 e. The summed E-state index contributed by atoms with van der Waals surface area (Å²) in [5.41, 5.74) is -1.89. The lowest BCUT2D eigenvalue weighted by molar-refractivity contribution is -0.189. The van der Waals surface area contributed by atoms with Crippen molar-refractivity contribution in [2.75, 3.05) is 7.11 Å². The highest BCUT2D eigenvalue weighted by Gasteiger charge is 2.58. The summed E-state index contributed by atoms with van der Waals surface area (Å²) in [6.07, 6.45) is 1.88. The van der Waals surface area contributed by atoms with Gasteiger partial charge in [-0.15, -0.1) is 0 Å². The first-order valence-corrected chi connectivity index (χ1v) is 9.99. The van der Waals surface area contributed by atoms with Gasteiger partial charge in [0.15, 0.2) is 5.78 Å². The third-order valence-corrected chi connectivity index (χ3v) is 4.18. The summed E-state index contributed by atoms with van der Waals surface area (Å²) in [6, 6.07) is 0. The number of carbonyl (C=O) groups is 1. The largest absolute Gasteiger partial charge is 0.373 e. The van der Waals surface area contributed by atoms with Crippen LogP contribution in [-0.4, -0.2) is 33.0 Å². The molecule has 0 heterocycles. The molecule has 0 saturated heterocycles. The Morgan fingerprint density at radius 3 is 2.68 bits per heavy atom. The van der Waals surface area contributed by atoms with Crippen LogP contribution in [0.3, 0.4) is 0 Å². The second-order valence-electron chi connectivity index (χ2n) is 6.20. The summed E-state index contributed by atoms with van der Waals surface area (Å²) in [5, 5.41) is 0. The number of methoxy groups -OCH3 is 1. The van der Waals surface area contributed by atoms with E-state index in [1.54, 1.807) is 6.08 Å². The highest BCUT2D eigenvalue weighted by atomic mass is 28.4. The van der Waals surface area contributed by atoms with Crippen LogP contribution in [0.25, 0.3) is 0 Å². The van der Waals surface area contributed by atoms with Gasteiger partial charge < -0.3 is 9.62 Å². The van der Waals surface area contributed by atoms with E-state index in [2.05, 4.69) is 0 Å². The number of allylic oxidation sites excluding steroid dienone is 1. The molecule has 1 saturated carbocycles. The van der Waals surface area contributed by atoms with Crippen molar-refractivity contribution in [3.8, 4) is 0 Å². The number of hydrogen-bond acceptors (Lipinski definition) is 4. The minimum Gasteiger partial charge on any atom is -0.373 e. The molecular weight excluding hydrogens is 267 g/mol. The van der Waals surface area contributed by atoms with E-state index in [0.717, 1.165) is 0 Å². The van der Waals surface area contributed by atoms with Crippen LogP contribution in [-0.2, 0) is 19.0 Å². The van der Waals surface area contributed by atoms with E-state index in [1.165, 1.54) is 7.11 Å². The van der Waals surface area contributed by atoms with Crippen molar-refractivity contribution in [3.05, 3.63) is 11.8 Å². The minimum absolute atomic E-state index is 0.275. The van der Waals surface area contributed by atoms with Crippen molar-refractivity contribution in [2.24, 2.45) is 5.92 Å². The number of halogens is 1. The SMILES string of the molecule is COC1C=C(OO[Si](C)(C)C)CC2CCC(=O)C21F. The third-order valence-electron chi connectivity index (χ3n) is 3.59. The maximum absolute atomic E-state index is 14.9. The number of ketones is 1. The maximum atomic E-state index is 14.9. The molecule has 0 aromatic heterocycles. The second kappa shape index (κ2) is 4.99. The normalized spacial score (nSPS) is 35.0. The van der Waals surface area contributed by atoms with E-state index in [1.807, 2.05) is 19.6 Å². The standard InChI is InChI=1S/C13H21FO4Si/c1-16-12-8-10(17-18-19(2,3)4)7-9-5-6-11(15)13(9,12)14/h8-9,12H,5-7H2,1-4H3. The van der Waals surface area contributed by atoms with Gasteiger partial charge in [-0.2, -0.15) is 0 Å². The molecule has 108 valence electrons. The number of ether oxygens (including phenoxy) is 1. The van der Waals surface area contributed by atoms with E-state index < -0.39 is 20.1 Å². The molecule has 0 spiro atoms. The van der Waals surface area contributed by atoms with Gasteiger partial charge >= 0.3 is 0 Å². The minimum atomic E-state index is -1.89. The van der Waals surface area contributed by atoms with Crippen LogP contribution >= 0.6 is 0 Å². The van der Waals surface area contributed by atoms with Crippen molar-refractivity contribution in [1.29, 1.82) is 0 Å². The molecule has 0 aromatic rings. The monoisotopic (exact) mass is 288 g/mol. The number of hydrogen-bond donors (Lipinski definition) is 0. The van der Waals surface area contributed by atoms with E-state index in [4.69, 9.17) is 14.2 Å². The zero-order valence-electron chi connectivity index (χ0n) is 11.9. The Morgan fingerprint density at radius 2 is 2.11 bits per heavy atom.